The maximum Gasteiger partial charge on any atom is 0.246 e. The Balaban J connectivity index is 1.40. The number of hydrogen-bond donors (Lipinski definition) is 1. The van der Waals surface area contributed by atoms with Crippen molar-refractivity contribution in [2.24, 2.45) is 11.0 Å². The number of aromatic hydroxyl groups is 1. The Morgan fingerprint density at radius 1 is 1.08 bits per heavy atom. The molecular weight excluding hydrogens is 330 g/mol. The average Bonchev–Trinajstić information content (AvgIpc) is 3.19. The number of nitrogens with zero attached hydrogens (tertiary/aromatic N) is 5. The number of carbonyl (C=O) groups is 1. The van der Waals surface area contributed by atoms with Crippen LogP contribution in [0.25, 0.3) is 0 Å². The highest BCUT2D eigenvalue weighted by molar-refractivity contribution is 5.82. The molecule has 1 fully saturated rings. The van der Waals surface area contributed by atoms with Crippen molar-refractivity contribution in [1.29, 1.82) is 0 Å². The molecule has 134 valence electrons. The van der Waals surface area contributed by atoms with Crippen molar-refractivity contribution in [2.75, 3.05) is 18.0 Å². The fourth-order valence-electron chi connectivity index (χ4n) is 3.57. The highest BCUT2D eigenvalue weighted by atomic mass is 16.3. The van der Waals surface area contributed by atoms with Gasteiger partial charge in [-0.2, -0.15) is 5.10 Å². The molecule has 0 unspecified atom stereocenters. The SMILES string of the molecule is O=C(C1CCN(c2ncc(O)cn2)CC1)N1N=CC[C@H]1c1ccccc1. The molecule has 0 saturated carbocycles. The van der Waals surface area contributed by atoms with E-state index in [2.05, 4.69) is 15.1 Å². The van der Waals surface area contributed by atoms with Gasteiger partial charge in [0.1, 0.15) is 0 Å². The molecule has 1 amide bonds. The summed E-state index contributed by atoms with van der Waals surface area (Å²) in [5.74, 6) is 0.705. The zero-order valence-corrected chi connectivity index (χ0v) is 14.4. The van der Waals surface area contributed by atoms with Gasteiger partial charge >= 0.3 is 0 Å². The molecule has 4 rings (SSSR count). The van der Waals surface area contributed by atoms with Crippen LogP contribution >= 0.6 is 0 Å². The zero-order valence-electron chi connectivity index (χ0n) is 14.4. The molecular formula is C19H21N5O2. The summed E-state index contributed by atoms with van der Waals surface area (Å²) in [4.78, 5) is 23.3. The molecule has 1 N–H and O–H groups in total. The first-order chi connectivity index (χ1) is 12.7. The van der Waals surface area contributed by atoms with E-state index in [1.54, 1.807) is 5.01 Å². The van der Waals surface area contributed by atoms with Crippen molar-refractivity contribution < 1.29 is 9.90 Å². The molecule has 1 aromatic carbocycles. The van der Waals surface area contributed by atoms with Gasteiger partial charge in [0.25, 0.3) is 0 Å². The summed E-state index contributed by atoms with van der Waals surface area (Å²) in [5.41, 5.74) is 1.12. The second-order valence-corrected chi connectivity index (χ2v) is 6.65. The van der Waals surface area contributed by atoms with Crippen molar-refractivity contribution in [2.45, 2.75) is 25.3 Å². The molecule has 26 heavy (non-hydrogen) atoms. The van der Waals surface area contributed by atoms with Gasteiger partial charge in [-0.25, -0.2) is 15.0 Å². The fourth-order valence-corrected chi connectivity index (χ4v) is 3.57. The summed E-state index contributed by atoms with van der Waals surface area (Å²) in [6.45, 7) is 1.43. The van der Waals surface area contributed by atoms with Crippen LogP contribution in [0.3, 0.4) is 0 Å². The number of rotatable bonds is 3. The number of hydrazone groups is 1. The third-order valence-corrected chi connectivity index (χ3v) is 4.99. The average molecular weight is 351 g/mol. The number of hydrogen-bond acceptors (Lipinski definition) is 6. The number of carbonyl (C=O) groups excluding carboxylic acids is 1. The van der Waals surface area contributed by atoms with E-state index in [1.165, 1.54) is 12.4 Å². The van der Waals surface area contributed by atoms with E-state index >= 15 is 0 Å². The highest BCUT2D eigenvalue weighted by Crippen LogP contribution is 2.32. The van der Waals surface area contributed by atoms with Gasteiger partial charge in [-0.1, -0.05) is 30.3 Å². The molecule has 2 aliphatic heterocycles. The lowest BCUT2D eigenvalue weighted by atomic mass is 9.94. The molecule has 0 aliphatic carbocycles. The van der Waals surface area contributed by atoms with Gasteiger partial charge in [-0.15, -0.1) is 0 Å². The maximum absolute atomic E-state index is 13.0. The van der Waals surface area contributed by atoms with Crippen LogP contribution < -0.4 is 4.90 Å². The van der Waals surface area contributed by atoms with Crippen LogP contribution in [0.15, 0.2) is 47.8 Å². The highest BCUT2D eigenvalue weighted by Gasteiger charge is 2.34. The Kier molecular flexibility index (Phi) is 4.51. The summed E-state index contributed by atoms with van der Waals surface area (Å²) in [6.07, 6.45) is 6.87. The Bertz CT molecular complexity index is 785. The topological polar surface area (TPSA) is 81.9 Å². The molecule has 0 bridgehead atoms. The third-order valence-electron chi connectivity index (χ3n) is 4.99. The third kappa shape index (κ3) is 3.24. The largest absolute Gasteiger partial charge is 0.505 e. The molecule has 1 atom stereocenters. The Labute approximate surface area is 152 Å². The van der Waals surface area contributed by atoms with Crippen LogP contribution in [0.1, 0.15) is 30.9 Å². The van der Waals surface area contributed by atoms with Crippen LogP contribution in [-0.4, -0.2) is 45.3 Å². The van der Waals surface area contributed by atoms with Crippen molar-refractivity contribution in [3.8, 4) is 5.75 Å². The minimum absolute atomic E-state index is 0.00200. The molecule has 2 aliphatic rings. The molecule has 2 aromatic rings. The number of aromatic nitrogens is 2. The van der Waals surface area contributed by atoms with Gasteiger partial charge in [0.15, 0.2) is 5.75 Å². The number of anilines is 1. The van der Waals surface area contributed by atoms with Crippen LogP contribution in [-0.2, 0) is 4.79 Å². The lowest BCUT2D eigenvalue weighted by molar-refractivity contribution is -0.138. The summed E-state index contributed by atoms with van der Waals surface area (Å²) in [7, 11) is 0. The van der Waals surface area contributed by atoms with Gasteiger partial charge < -0.3 is 10.0 Å². The van der Waals surface area contributed by atoms with Gasteiger partial charge in [-0.05, 0) is 18.4 Å². The fraction of sp³-hybridized carbons (Fsp3) is 0.368. The summed E-state index contributed by atoms with van der Waals surface area (Å²) in [5, 5.41) is 15.3. The van der Waals surface area contributed by atoms with Crippen LogP contribution in [0.4, 0.5) is 5.95 Å². The monoisotopic (exact) mass is 351 g/mol. The minimum atomic E-state index is -0.0372. The van der Waals surface area contributed by atoms with E-state index in [9.17, 15) is 9.90 Å². The Morgan fingerprint density at radius 2 is 1.77 bits per heavy atom. The molecule has 1 saturated heterocycles. The summed E-state index contributed by atoms with van der Waals surface area (Å²) >= 11 is 0. The van der Waals surface area contributed by atoms with Crippen molar-refractivity contribution in [3.05, 3.63) is 48.3 Å². The van der Waals surface area contributed by atoms with Crippen molar-refractivity contribution >= 4 is 18.1 Å². The van der Waals surface area contributed by atoms with Gasteiger partial charge in [-0.3, -0.25) is 4.79 Å². The standard InChI is InChI=1S/C19H21N5O2/c25-16-12-20-19(21-13-16)23-10-7-15(8-11-23)18(26)24-17(6-9-22-24)14-4-2-1-3-5-14/h1-5,9,12-13,15,17,25H,6-8,10-11H2/t17-/m0/s1. The maximum atomic E-state index is 13.0. The van der Waals surface area contributed by atoms with Gasteiger partial charge in [0.2, 0.25) is 11.9 Å². The van der Waals surface area contributed by atoms with E-state index in [0.29, 0.717) is 5.95 Å². The number of piperidine rings is 1. The molecule has 0 radical (unpaired) electrons. The number of benzene rings is 1. The molecule has 1 aromatic heterocycles. The first-order valence-electron chi connectivity index (χ1n) is 8.89. The van der Waals surface area contributed by atoms with E-state index in [0.717, 1.165) is 37.9 Å². The molecule has 0 spiro atoms. The smallest absolute Gasteiger partial charge is 0.246 e. The van der Waals surface area contributed by atoms with E-state index in [4.69, 9.17) is 0 Å². The van der Waals surface area contributed by atoms with Crippen LogP contribution in [0.2, 0.25) is 0 Å². The zero-order chi connectivity index (χ0) is 17.9. The number of amides is 1. The molecule has 7 nitrogen and oxygen atoms in total. The lowest BCUT2D eigenvalue weighted by Crippen LogP contribution is -2.41. The lowest BCUT2D eigenvalue weighted by Gasteiger charge is -2.33. The molecule has 3 heterocycles. The second-order valence-electron chi connectivity index (χ2n) is 6.65. The first kappa shape index (κ1) is 16.5. The Morgan fingerprint density at radius 3 is 2.46 bits per heavy atom. The van der Waals surface area contributed by atoms with Gasteiger partial charge in [0.05, 0.1) is 18.4 Å². The van der Waals surface area contributed by atoms with E-state index < -0.39 is 0 Å². The van der Waals surface area contributed by atoms with Crippen molar-refractivity contribution in [1.82, 2.24) is 15.0 Å². The van der Waals surface area contributed by atoms with E-state index in [-0.39, 0.29) is 23.6 Å². The minimum Gasteiger partial charge on any atom is -0.505 e. The predicted octanol–water partition coefficient (Wildman–Crippen LogP) is 2.36. The molecule has 7 heteroatoms. The Hall–Kier alpha value is -2.96. The summed E-state index contributed by atoms with van der Waals surface area (Å²) < 4.78 is 0. The quantitative estimate of drug-likeness (QED) is 0.918. The normalized spacial score (nSPS) is 20.5. The van der Waals surface area contributed by atoms with Crippen molar-refractivity contribution in [3.63, 3.8) is 0 Å². The van der Waals surface area contributed by atoms with Crippen LogP contribution in [0.5, 0.6) is 5.75 Å². The first-order valence-corrected chi connectivity index (χ1v) is 8.89. The summed E-state index contributed by atoms with van der Waals surface area (Å²) in [6, 6.07) is 10.1. The van der Waals surface area contributed by atoms with Crippen LogP contribution in [0, 0.1) is 5.92 Å². The predicted molar refractivity (Wildman–Crippen MR) is 97.8 cm³/mol. The van der Waals surface area contributed by atoms with Gasteiger partial charge in [0, 0.05) is 31.6 Å². The second kappa shape index (κ2) is 7.11. The van der Waals surface area contributed by atoms with E-state index in [1.807, 2.05) is 41.4 Å².